The minimum Gasteiger partial charge on any atom is -0.491 e. The van der Waals surface area contributed by atoms with Crippen molar-refractivity contribution in [2.75, 3.05) is 20.3 Å². The fourth-order valence-electron chi connectivity index (χ4n) is 4.89. The Morgan fingerprint density at radius 3 is 2.33 bits per heavy atom. The summed E-state index contributed by atoms with van der Waals surface area (Å²) in [5.41, 5.74) is 7.72. The highest BCUT2D eigenvalue weighted by Gasteiger charge is 2.38. The number of unbranched alkanes of at least 4 members (excludes halogenated alkanes) is 3. The summed E-state index contributed by atoms with van der Waals surface area (Å²) in [6.07, 6.45) is 2.88. The van der Waals surface area contributed by atoms with E-state index in [9.17, 15) is 24.8 Å². The molecule has 1 aliphatic heterocycles. The van der Waals surface area contributed by atoms with Crippen LogP contribution in [0.15, 0.2) is 77.1 Å². The fraction of sp³-hybridized carbons (Fsp3) is 0.419. The van der Waals surface area contributed by atoms with Gasteiger partial charge in [0, 0.05) is 29.6 Å². The molecule has 1 aliphatic rings. The highest BCUT2D eigenvalue weighted by molar-refractivity contribution is 5.99. The number of nitro benzene ring substituents is 1. The number of dihydropyridines is 1. The molecule has 42 heavy (non-hydrogen) atoms. The van der Waals surface area contributed by atoms with Crippen LogP contribution in [0.3, 0.4) is 0 Å². The number of hydrogen-bond acceptors (Lipinski definition) is 10. The maximum atomic E-state index is 13.3. The van der Waals surface area contributed by atoms with E-state index in [0.29, 0.717) is 35.5 Å². The molecule has 3 atom stereocenters. The lowest BCUT2D eigenvalue weighted by Gasteiger charge is -2.30. The van der Waals surface area contributed by atoms with E-state index in [1.165, 1.54) is 25.3 Å². The number of methoxy groups -OCH3 is 1. The molecule has 0 aromatic heterocycles. The van der Waals surface area contributed by atoms with Gasteiger partial charge < -0.3 is 30.4 Å². The summed E-state index contributed by atoms with van der Waals surface area (Å²) in [4.78, 5) is 36.9. The second-order valence-corrected chi connectivity index (χ2v) is 10.2. The van der Waals surface area contributed by atoms with Gasteiger partial charge in [-0.25, -0.2) is 9.59 Å². The van der Waals surface area contributed by atoms with Crippen LogP contribution in [0, 0.1) is 10.1 Å². The fourth-order valence-corrected chi connectivity index (χ4v) is 4.89. The van der Waals surface area contributed by atoms with Crippen LogP contribution in [0.1, 0.15) is 57.4 Å². The third-order valence-electron chi connectivity index (χ3n) is 7.12. The van der Waals surface area contributed by atoms with E-state index in [1.54, 1.807) is 19.9 Å². The van der Waals surface area contributed by atoms with Gasteiger partial charge in [0.05, 0.1) is 35.7 Å². The number of nitro groups is 1. The zero-order chi connectivity index (χ0) is 30.6. The lowest BCUT2D eigenvalue weighted by Crippen LogP contribution is -2.38. The first-order chi connectivity index (χ1) is 20.1. The minimum atomic E-state index is -0.898. The first-order valence-electron chi connectivity index (χ1n) is 13.9. The Hall–Kier alpha value is -4.22. The zero-order valence-corrected chi connectivity index (χ0v) is 24.2. The number of nitrogens with one attached hydrogen (secondary N) is 1. The van der Waals surface area contributed by atoms with Gasteiger partial charge in [-0.3, -0.25) is 10.1 Å². The SMILES string of the molecule is COC(=O)C1=C(C)NC(C)=C(C(=O)OCCCCCCC(N)C(O)COc2ccccc2)C1c1cccc([N+](=O)[O-])c1. The summed E-state index contributed by atoms with van der Waals surface area (Å²) in [6, 6.07) is 14.7. The van der Waals surface area contributed by atoms with E-state index in [2.05, 4.69) is 5.32 Å². The number of nitrogens with zero attached hydrogens (tertiary/aromatic N) is 1. The van der Waals surface area contributed by atoms with Crippen LogP contribution in [-0.4, -0.2) is 54.4 Å². The molecular formula is C31H39N3O8. The van der Waals surface area contributed by atoms with Gasteiger partial charge in [0.1, 0.15) is 18.5 Å². The van der Waals surface area contributed by atoms with E-state index in [1.807, 2.05) is 30.3 Å². The molecular weight excluding hydrogens is 542 g/mol. The molecule has 11 nitrogen and oxygen atoms in total. The molecule has 0 fully saturated rings. The van der Waals surface area contributed by atoms with Crippen molar-refractivity contribution in [1.29, 1.82) is 0 Å². The standard InChI is InChI=1S/C31H39N3O8/c1-20-27(30(36)40-3)29(22-12-11-13-23(18-22)34(38)39)28(21(2)33-20)31(37)41-17-10-5-4-9-16-25(32)26(35)19-42-24-14-7-6-8-15-24/h6-8,11-15,18,25-26,29,33,35H,4-5,9-10,16-17,19,32H2,1-3H3. The molecule has 2 aromatic carbocycles. The second kappa shape index (κ2) is 15.7. The number of nitrogens with two attached hydrogens (primary N) is 1. The molecule has 3 unspecified atom stereocenters. The number of carbonyl (C=O) groups is 2. The first kappa shape index (κ1) is 32.3. The van der Waals surface area contributed by atoms with Crippen LogP contribution in [-0.2, 0) is 19.1 Å². The van der Waals surface area contributed by atoms with Gasteiger partial charge >= 0.3 is 11.9 Å². The molecule has 0 bridgehead atoms. The molecule has 11 heteroatoms. The topological polar surface area (TPSA) is 163 Å². The number of rotatable bonds is 15. The molecule has 0 saturated carbocycles. The Kier molecular flexibility index (Phi) is 12.1. The molecule has 3 rings (SSSR count). The summed E-state index contributed by atoms with van der Waals surface area (Å²) >= 11 is 0. The van der Waals surface area contributed by atoms with E-state index in [4.69, 9.17) is 19.9 Å². The van der Waals surface area contributed by atoms with Crippen molar-refractivity contribution in [3.63, 3.8) is 0 Å². The highest BCUT2D eigenvalue weighted by atomic mass is 16.6. The van der Waals surface area contributed by atoms with Gasteiger partial charge in [0.25, 0.3) is 5.69 Å². The third kappa shape index (κ3) is 8.64. The van der Waals surface area contributed by atoms with Crippen molar-refractivity contribution in [3.05, 3.63) is 92.8 Å². The van der Waals surface area contributed by atoms with Crippen LogP contribution in [0.5, 0.6) is 5.75 Å². The monoisotopic (exact) mass is 581 g/mol. The number of aliphatic hydroxyl groups excluding tert-OH is 1. The summed E-state index contributed by atoms with van der Waals surface area (Å²) < 4.78 is 16.1. The number of hydrogen-bond donors (Lipinski definition) is 3. The Bertz CT molecular complexity index is 1310. The van der Waals surface area contributed by atoms with Crippen LogP contribution in [0.2, 0.25) is 0 Å². The van der Waals surface area contributed by atoms with Crippen molar-refractivity contribution in [3.8, 4) is 5.75 Å². The summed E-state index contributed by atoms with van der Waals surface area (Å²) in [7, 11) is 1.24. The first-order valence-corrected chi connectivity index (χ1v) is 13.9. The number of non-ortho nitro benzene ring substituents is 1. The van der Waals surface area contributed by atoms with Gasteiger partial charge in [0.2, 0.25) is 0 Å². The van der Waals surface area contributed by atoms with Crippen LogP contribution >= 0.6 is 0 Å². The van der Waals surface area contributed by atoms with Gasteiger partial charge in [0.15, 0.2) is 0 Å². The van der Waals surface area contributed by atoms with E-state index in [-0.39, 0.29) is 30.0 Å². The van der Waals surface area contributed by atoms with Crippen molar-refractivity contribution in [1.82, 2.24) is 5.32 Å². The maximum Gasteiger partial charge on any atom is 0.336 e. The molecule has 0 amide bonds. The molecule has 226 valence electrons. The highest BCUT2D eigenvalue weighted by Crippen LogP contribution is 2.40. The Morgan fingerprint density at radius 1 is 1.00 bits per heavy atom. The molecule has 0 saturated heterocycles. The average Bonchev–Trinajstić information content (AvgIpc) is 2.98. The predicted octanol–water partition coefficient (Wildman–Crippen LogP) is 4.26. The van der Waals surface area contributed by atoms with Crippen LogP contribution in [0.25, 0.3) is 0 Å². The molecule has 4 N–H and O–H groups in total. The number of carbonyl (C=O) groups excluding carboxylic acids is 2. The lowest BCUT2D eigenvalue weighted by atomic mass is 9.80. The van der Waals surface area contributed by atoms with Crippen molar-refractivity contribution in [2.45, 2.75) is 64.0 Å². The predicted molar refractivity (Wildman–Crippen MR) is 156 cm³/mol. The number of benzene rings is 2. The van der Waals surface area contributed by atoms with Gasteiger partial charge in [-0.15, -0.1) is 0 Å². The van der Waals surface area contributed by atoms with Crippen LogP contribution in [0.4, 0.5) is 5.69 Å². The van der Waals surface area contributed by atoms with Gasteiger partial charge in [-0.05, 0) is 44.4 Å². The average molecular weight is 582 g/mol. The maximum absolute atomic E-state index is 13.3. The number of esters is 2. The Labute approximate surface area is 245 Å². The van der Waals surface area contributed by atoms with E-state index < -0.39 is 34.9 Å². The second-order valence-electron chi connectivity index (χ2n) is 10.2. The number of ether oxygens (including phenoxy) is 3. The molecule has 0 aliphatic carbocycles. The molecule has 0 radical (unpaired) electrons. The van der Waals surface area contributed by atoms with Gasteiger partial charge in [-0.1, -0.05) is 49.6 Å². The van der Waals surface area contributed by atoms with E-state index >= 15 is 0 Å². The van der Waals surface area contributed by atoms with E-state index in [0.717, 1.165) is 19.3 Å². The van der Waals surface area contributed by atoms with Crippen molar-refractivity contribution < 1.29 is 33.8 Å². The molecule has 1 heterocycles. The Morgan fingerprint density at radius 2 is 1.67 bits per heavy atom. The number of allylic oxidation sites excluding steroid dienone is 2. The summed E-state index contributed by atoms with van der Waals surface area (Å²) in [5, 5.41) is 24.7. The quantitative estimate of drug-likeness (QED) is 0.120. The third-order valence-corrected chi connectivity index (χ3v) is 7.12. The van der Waals surface area contributed by atoms with Gasteiger partial charge in [-0.2, -0.15) is 0 Å². The smallest absolute Gasteiger partial charge is 0.336 e. The number of para-hydroxylation sites is 1. The normalized spacial score (nSPS) is 16.4. The largest absolute Gasteiger partial charge is 0.491 e. The number of aliphatic hydroxyl groups is 1. The van der Waals surface area contributed by atoms with Crippen LogP contribution < -0.4 is 15.8 Å². The molecule has 2 aromatic rings. The minimum absolute atomic E-state index is 0.120. The Balaban J connectivity index is 1.52. The zero-order valence-electron chi connectivity index (χ0n) is 24.2. The summed E-state index contributed by atoms with van der Waals surface area (Å²) in [6.45, 7) is 3.66. The van der Waals surface area contributed by atoms with Crippen molar-refractivity contribution in [2.24, 2.45) is 5.73 Å². The van der Waals surface area contributed by atoms with Crippen molar-refractivity contribution >= 4 is 17.6 Å². The lowest BCUT2D eigenvalue weighted by molar-refractivity contribution is -0.384. The molecule has 0 spiro atoms. The summed E-state index contributed by atoms with van der Waals surface area (Å²) in [5.74, 6) is -1.49.